The van der Waals surface area contributed by atoms with Crippen LogP contribution in [0.25, 0.3) is 11.1 Å². The van der Waals surface area contributed by atoms with Crippen LogP contribution < -0.4 is 9.47 Å². The molecule has 0 saturated carbocycles. The number of hydrogen-bond acceptors (Lipinski definition) is 5. The lowest BCUT2D eigenvalue weighted by atomic mass is 9.99. The van der Waals surface area contributed by atoms with Crippen molar-refractivity contribution < 1.29 is 28.2 Å². The van der Waals surface area contributed by atoms with E-state index in [0.29, 0.717) is 37.5 Å². The van der Waals surface area contributed by atoms with Gasteiger partial charge >= 0.3 is 6.61 Å². The highest BCUT2D eigenvalue weighted by atomic mass is 35.5. The molecule has 4 rings (SSSR count). The molecule has 1 atom stereocenters. The molecule has 32 heavy (non-hydrogen) atoms. The normalized spacial score (nSPS) is 18.4. The second-order valence-corrected chi connectivity index (χ2v) is 8.27. The molecule has 2 heterocycles. The Kier molecular flexibility index (Phi) is 6.46. The maximum Gasteiger partial charge on any atom is 0.387 e. The molecular weight excluding hydrogens is 465 g/mol. The monoisotopic (exact) mass is 484 g/mol. The summed E-state index contributed by atoms with van der Waals surface area (Å²) in [5.74, 6) is -0.301. The van der Waals surface area contributed by atoms with Gasteiger partial charge in [0.1, 0.15) is 23.9 Å². The first-order chi connectivity index (χ1) is 15.3. The number of carbonyl (C=O) groups excluding carboxylic acids is 1. The third-order valence-corrected chi connectivity index (χ3v) is 6.28. The highest BCUT2D eigenvalue weighted by molar-refractivity contribution is 6.38. The van der Waals surface area contributed by atoms with E-state index in [4.69, 9.17) is 32.7 Å². The molecule has 1 amide bonds. The lowest BCUT2D eigenvalue weighted by molar-refractivity contribution is -0.129. The van der Waals surface area contributed by atoms with E-state index in [1.165, 1.54) is 30.3 Å². The fourth-order valence-electron chi connectivity index (χ4n) is 4.10. The highest BCUT2D eigenvalue weighted by Crippen LogP contribution is 2.50. The number of rotatable bonds is 4. The molecule has 6 nitrogen and oxygen atoms in total. The van der Waals surface area contributed by atoms with E-state index in [9.17, 15) is 18.7 Å². The van der Waals surface area contributed by atoms with Crippen molar-refractivity contribution in [1.82, 2.24) is 9.80 Å². The molecule has 0 aromatic heterocycles. The van der Waals surface area contributed by atoms with Gasteiger partial charge < -0.3 is 19.5 Å². The van der Waals surface area contributed by atoms with Crippen molar-refractivity contribution in [3.8, 4) is 28.4 Å². The number of phenols is 1. The smallest absolute Gasteiger partial charge is 0.387 e. The highest BCUT2D eigenvalue weighted by Gasteiger charge is 2.34. The Hall–Kier alpha value is -2.55. The molecule has 2 aromatic rings. The Morgan fingerprint density at radius 1 is 1.31 bits per heavy atom. The SMILES string of the molecule is C=CC(=O)N1CCN2Cc3cc(OC(F)F)c(-c4c(O)cccc4Cl)c(Cl)c3OC[C@H]2C1. The second-order valence-electron chi connectivity index (χ2n) is 7.49. The molecule has 2 aliphatic rings. The van der Waals surface area contributed by atoms with Gasteiger partial charge in [-0.15, -0.1) is 0 Å². The van der Waals surface area contributed by atoms with Crippen LogP contribution in [0.5, 0.6) is 17.2 Å². The van der Waals surface area contributed by atoms with Crippen molar-refractivity contribution in [2.45, 2.75) is 19.2 Å². The molecule has 0 spiro atoms. The quantitative estimate of drug-likeness (QED) is 0.644. The molecule has 1 fully saturated rings. The summed E-state index contributed by atoms with van der Waals surface area (Å²) >= 11 is 12.9. The lowest BCUT2D eigenvalue weighted by Gasteiger charge is -2.39. The van der Waals surface area contributed by atoms with Gasteiger partial charge in [-0.25, -0.2) is 0 Å². The van der Waals surface area contributed by atoms with Crippen LogP contribution in [-0.2, 0) is 11.3 Å². The first-order valence-electron chi connectivity index (χ1n) is 9.86. The fourth-order valence-corrected chi connectivity index (χ4v) is 4.73. The molecule has 10 heteroatoms. The van der Waals surface area contributed by atoms with Gasteiger partial charge in [0, 0.05) is 37.3 Å². The molecule has 0 radical (unpaired) electrons. The van der Waals surface area contributed by atoms with Crippen LogP contribution >= 0.6 is 23.2 Å². The maximum atomic E-state index is 13.2. The fraction of sp³-hybridized carbons (Fsp3) is 0.318. The van der Waals surface area contributed by atoms with Crippen LogP contribution in [0.4, 0.5) is 8.78 Å². The van der Waals surface area contributed by atoms with Gasteiger partial charge in [-0.3, -0.25) is 9.69 Å². The zero-order valence-electron chi connectivity index (χ0n) is 16.9. The van der Waals surface area contributed by atoms with Gasteiger partial charge in [-0.2, -0.15) is 8.78 Å². The van der Waals surface area contributed by atoms with E-state index in [0.717, 1.165) is 0 Å². The van der Waals surface area contributed by atoms with Crippen molar-refractivity contribution in [2.24, 2.45) is 0 Å². The number of benzene rings is 2. The summed E-state index contributed by atoms with van der Waals surface area (Å²) in [4.78, 5) is 15.8. The Bertz CT molecular complexity index is 1050. The number of fused-ring (bicyclic) bond motifs is 2. The molecule has 0 bridgehead atoms. The number of piperazine rings is 1. The van der Waals surface area contributed by atoms with E-state index in [-0.39, 0.29) is 51.2 Å². The van der Waals surface area contributed by atoms with Crippen LogP contribution in [0.2, 0.25) is 10.0 Å². The summed E-state index contributed by atoms with van der Waals surface area (Å²) in [5.41, 5.74) is 0.662. The average molecular weight is 485 g/mol. The van der Waals surface area contributed by atoms with Crippen molar-refractivity contribution in [3.05, 3.63) is 52.5 Å². The predicted octanol–water partition coefficient (Wildman–Crippen LogP) is 4.56. The van der Waals surface area contributed by atoms with Crippen molar-refractivity contribution >= 4 is 29.1 Å². The van der Waals surface area contributed by atoms with E-state index >= 15 is 0 Å². The van der Waals surface area contributed by atoms with E-state index in [2.05, 4.69) is 11.5 Å². The van der Waals surface area contributed by atoms with Gasteiger partial charge in [0.25, 0.3) is 0 Å². The molecule has 2 aromatic carbocycles. The Labute approximate surface area is 193 Å². The minimum Gasteiger partial charge on any atom is -0.507 e. The lowest BCUT2D eigenvalue weighted by Crippen LogP contribution is -2.55. The molecule has 170 valence electrons. The maximum absolute atomic E-state index is 13.2. The first-order valence-corrected chi connectivity index (χ1v) is 10.6. The van der Waals surface area contributed by atoms with E-state index in [1.54, 1.807) is 4.90 Å². The summed E-state index contributed by atoms with van der Waals surface area (Å²) in [6, 6.07) is 5.73. The predicted molar refractivity (Wildman–Crippen MR) is 117 cm³/mol. The van der Waals surface area contributed by atoms with Crippen LogP contribution in [-0.4, -0.2) is 59.7 Å². The van der Waals surface area contributed by atoms with Crippen LogP contribution in [0.15, 0.2) is 36.9 Å². The molecule has 0 aliphatic carbocycles. The largest absolute Gasteiger partial charge is 0.507 e. The summed E-state index contributed by atoms with van der Waals surface area (Å²) in [6.45, 7) is 2.54. The number of hydrogen-bond donors (Lipinski definition) is 1. The standard InChI is InChI=1S/C22H20Cl2F2N2O4/c1-2-17(30)28-7-6-27-9-12-8-16(32-22(25)26)19(18-14(23)4-3-5-15(18)29)20(24)21(12)31-11-13(27)10-28/h2-5,8,13,22,29H,1,6-7,9-11H2/t13-/m1/s1. The number of phenolic OH excluding ortho intramolecular Hbond substituents is 1. The summed E-state index contributed by atoms with van der Waals surface area (Å²) in [5, 5.41) is 10.5. The zero-order valence-corrected chi connectivity index (χ0v) is 18.4. The topological polar surface area (TPSA) is 62.2 Å². The van der Waals surface area contributed by atoms with Gasteiger partial charge in [0.2, 0.25) is 5.91 Å². The second kappa shape index (κ2) is 9.13. The van der Waals surface area contributed by atoms with Gasteiger partial charge in [-0.05, 0) is 24.3 Å². The molecule has 2 aliphatic heterocycles. The Morgan fingerprint density at radius 3 is 2.78 bits per heavy atom. The molecular formula is C22H20Cl2F2N2O4. The molecule has 1 N–H and O–H groups in total. The van der Waals surface area contributed by atoms with Crippen LogP contribution in [0.1, 0.15) is 5.56 Å². The van der Waals surface area contributed by atoms with Crippen LogP contribution in [0.3, 0.4) is 0 Å². The number of alkyl halides is 2. The van der Waals surface area contributed by atoms with Crippen molar-refractivity contribution in [1.29, 1.82) is 0 Å². The van der Waals surface area contributed by atoms with Gasteiger partial charge in [0.05, 0.1) is 21.7 Å². The number of halogens is 4. The minimum atomic E-state index is -3.11. The summed E-state index contributed by atoms with van der Waals surface area (Å²) < 4.78 is 37.2. The number of carbonyl (C=O) groups is 1. The van der Waals surface area contributed by atoms with Crippen molar-refractivity contribution in [2.75, 3.05) is 26.2 Å². The summed E-state index contributed by atoms with van der Waals surface area (Å²) in [7, 11) is 0. The number of amides is 1. The van der Waals surface area contributed by atoms with E-state index < -0.39 is 6.61 Å². The number of nitrogens with zero attached hydrogens (tertiary/aromatic N) is 2. The third kappa shape index (κ3) is 4.22. The average Bonchev–Trinajstić information content (AvgIpc) is 2.93. The van der Waals surface area contributed by atoms with Crippen molar-refractivity contribution in [3.63, 3.8) is 0 Å². The van der Waals surface area contributed by atoms with Crippen LogP contribution in [0, 0.1) is 0 Å². The number of ether oxygens (including phenoxy) is 2. The molecule has 1 saturated heterocycles. The minimum absolute atomic E-state index is 0.0143. The Balaban J connectivity index is 1.77. The van der Waals surface area contributed by atoms with Gasteiger partial charge in [-0.1, -0.05) is 35.8 Å². The van der Waals surface area contributed by atoms with Gasteiger partial charge in [0.15, 0.2) is 0 Å². The Morgan fingerprint density at radius 2 is 2.09 bits per heavy atom. The number of aromatic hydroxyl groups is 1. The zero-order chi connectivity index (χ0) is 23.0. The van der Waals surface area contributed by atoms with E-state index in [1.807, 2.05) is 0 Å². The molecule has 0 unspecified atom stereocenters. The third-order valence-electron chi connectivity index (χ3n) is 5.60. The first kappa shape index (κ1) is 22.6. The summed E-state index contributed by atoms with van der Waals surface area (Å²) in [6.07, 6.45) is 1.27.